The molecule has 0 aromatic heterocycles. The molecule has 0 atom stereocenters. The predicted octanol–water partition coefficient (Wildman–Crippen LogP) is 6.42. The number of hydrogen-bond acceptors (Lipinski definition) is 2. The predicted molar refractivity (Wildman–Crippen MR) is 132 cm³/mol. The van der Waals surface area contributed by atoms with Gasteiger partial charge in [0.25, 0.3) is 0 Å². The molecule has 2 N–H and O–H groups in total. The Morgan fingerprint density at radius 2 is 1.06 bits per heavy atom. The van der Waals surface area contributed by atoms with E-state index in [0.29, 0.717) is 0 Å². The quantitative estimate of drug-likeness (QED) is 0.197. The summed E-state index contributed by atoms with van der Waals surface area (Å²) in [5, 5.41) is 20.5. The summed E-state index contributed by atoms with van der Waals surface area (Å²) < 4.78 is 0. The van der Waals surface area contributed by atoms with Gasteiger partial charge in [0.2, 0.25) is 0 Å². The number of carboxylic acids is 2. The van der Waals surface area contributed by atoms with Gasteiger partial charge in [0.15, 0.2) is 0 Å². The van der Waals surface area contributed by atoms with Crippen LogP contribution in [0.4, 0.5) is 0 Å². The Labute approximate surface area is 201 Å². The van der Waals surface area contributed by atoms with Crippen LogP contribution in [-0.4, -0.2) is 28.3 Å². The van der Waals surface area contributed by atoms with Crippen LogP contribution < -0.4 is 0 Å². The van der Waals surface area contributed by atoms with Crippen LogP contribution in [-0.2, 0) is 28.8 Å². The molecule has 0 saturated carbocycles. The maximum absolute atomic E-state index is 9.25. The van der Waals surface area contributed by atoms with Crippen molar-refractivity contribution < 1.29 is 39.0 Å². The van der Waals surface area contributed by atoms with Crippen LogP contribution in [0.3, 0.4) is 0 Å². The van der Waals surface area contributed by atoms with E-state index in [4.69, 9.17) is 10.2 Å². The third-order valence-electron chi connectivity index (χ3n) is 3.44. The molecule has 0 unspecified atom stereocenters. The van der Waals surface area contributed by atoms with E-state index in [-0.39, 0.29) is 6.19 Å². The van der Waals surface area contributed by atoms with Gasteiger partial charge in [-0.05, 0) is 0 Å². The van der Waals surface area contributed by atoms with Crippen molar-refractivity contribution in [2.24, 2.45) is 0 Å². The molecule has 0 saturated heterocycles. The first-order valence-corrected chi connectivity index (χ1v) is 14.5. The van der Waals surface area contributed by atoms with Crippen molar-refractivity contribution in [3.8, 4) is 0 Å². The molecule has 0 spiro atoms. The van der Waals surface area contributed by atoms with Crippen LogP contribution in [0, 0.1) is 0 Å². The van der Waals surface area contributed by atoms with Crippen LogP contribution in [0.1, 0.15) is 0 Å². The molecule has 0 aliphatic rings. The number of hydrogen-bond donors (Lipinski definition) is 2. The molecule has 0 fully saturated rings. The Morgan fingerprint density at radius 1 is 0.781 bits per heavy atom. The van der Waals surface area contributed by atoms with Crippen molar-refractivity contribution in [1.82, 2.24) is 0 Å². The molecule has 4 nitrogen and oxygen atoms in total. The van der Waals surface area contributed by atoms with Gasteiger partial charge in [0.05, 0.1) is 0 Å². The Balaban J connectivity index is 0.000000395. The summed E-state index contributed by atoms with van der Waals surface area (Å²) in [5.74, 6) is -1.96. The zero-order valence-corrected chi connectivity index (χ0v) is 20.9. The minimum Gasteiger partial charge on any atom is -0.168 e. The molecule has 0 heterocycles. The Bertz CT molecular complexity index is 976. The number of carbonyl (C=O) groups is 2. The van der Waals surface area contributed by atoms with E-state index >= 15 is 0 Å². The molecule has 6 heteroatoms. The summed E-state index contributed by atoms with van der Waals surface area (Å²) in [7, 11) is 0. The number of aliphatic carboxylic acids is 2. The number of carboxylic acid groups (broad SMARTS) is 2. The minimum absolute atomic E-state index is 0.120. The van der Waals surface area contributed by atoms with Gasteiger partial charge in [-0.15, -0.1) is 59.3 Å². The van der Waals surface area contributed by atoms with E-state index in [0.717, 1.165) is 12.2 Å². The fourth-order valence-electron chi connectivity index (χ4n) is 2.14. The molecule has 164 valence electrons. The first-order chi connectivity index (χ1) is 15.2. The Hall–Kier alpha value is -2.99. The molecule has 0 aliphatic carbocycles. The molecule has 4 aromatic carbocycles. The number of rotatable bonds is 2. The number of benzene rings is 2. The van der Waals surface area contributed by atoms with Crippen molar-refractivity contribution in [1.29, 1.82) is 0 Å². The van der Waals surface area contributed by atoms with Crippen LogP contribution >= 0.6 is 0 Å². The van der Waals surface area contributed by atoms with Gasteiger partial charge < -0.3 is 10.2 Å². The first kappa shape index (κ1) is 29.0. The summed E-state index contributed by atoms with van der Waals surface area (Å²) in [6.07, 6.45) is 1.79. The molecule has 32 heavy (non-hydrogen) atoms. The molecule has 0 radical (unpaired) electrons. The summed E-state index contributed by atoms with van der Waals surface area (Å²) >= 11 is 2.27. The first-order valence-electron chi connectivity index (χ1n) is 9.64. The standard InChI is InChI=1S/2C9H7.2C3H4O2.C2H6Si.Ti/c2*1-2-5-9-7-3-6-8(9)4-1;2*1-2-3(4)5;1-3-2;/h2*1-7H;2*2H,1H2,(H,4,5);1-2H3;/q2*-1;;;;+2. The maximum Gasteiger partial charge on any atom is -0.0809 e. The molecule has 0 aliphatic heterocycles. The van der Waals surface area contributed by atoms with Gasteiger partial charge in [0.1, 0.15) is 0 Å². The van der Waals surface area contributed by atoms with E-state index in [9.17, 15) is 9.59 Å². The SMILES string of the molecule is C=CC(=O)O.C=CC(=O)O.C[Si](C)=[Ti+2].c1ccc2[cH-]ccc2c1.c1ccc2[cH-]ccc2c1. The van der Waals surface area contributed by atoms with Gasteiger partial charge in [-0.2, -0.15) is 35.0 Å². The van der Waals surface area contributed by atoms with E-state index < -0.39 is 11.9 Å². The zero-order chi connectivity index (χ0) is 24.4. The molecular weight excluding hydrogens is 452 g/mol. The van der Waals surface area contributed by atoms with Crippen molar-refractivity contribution in [2.75, 3.05) is 0 Å². The van der Waals surface area contributed by atoms with Gasteiger partial charge in [-0.25, -0.2) is 9.59 Å². The van der Waals surface area contributed by atoms with Gasteiger partial charge in [0, 0.05) is 12.2 Å². The largest absolute Gasteiger partial charge is 0.168 e. The van der Waals surface area contributed by atoms with Crippen LogP contribution in [0.5, 0.6) is 0 Å². The van der Waals surface area contributed by atoms with Crippen LogP contribution in [0.2, 0.25) is 13.1 Å². The molecule has 0 bridgehead atoms. The average Bonchev–Trinajstić information content (AvgIpc) is 3.44. The summed E-state index contributed by atoms with van der Waals surface area (Å²) in [4.78, 5) is 18.5. The fourth-order valence-corrected chi connectivity index (χ4v) is 2.14. The number of fused-ring (bicyclic) bond motifs is 2. The maximum atomic E-state index is 9.25. The van der Waals surface area contributed by atoms with Crippen LogP contribution in [0.25, 0.3) is 21.5 Å². The van der Waals surface area contributed by atoms with E-state index in [2.05, 4.69) is 130 Å². The van der Waals surface area contributed by atoms with Gasteiger partial charge >= 0.3 is 50.4 Å². The summed E-state index contributed by atoms with van der Waals surface area (Å²) in [5.41, 5.74) is 0. The van der Waals surface area contributed by atoms with Crippen molar-refractivity contribution >= 4 is 39.7 Å². The smallest absolute Gasteiger partial charge is 0.0809 e. The normalized spacial score (nSPS) is 8.62. The van der Waals surface area contributed by atoms with E-state index in [1.807, 2.05) is 0 Å². The van der Waals surface area contributed by atoms with E-state index in [1.165, 1.54) is 21.5 Å². The summed E-state index contributed by atoms with van der Waals surface area (Å²) in [6, 6.07) is 29.3. The Morgan fingerprint density at radius 3 is 1.31 bits per heavy atom. The molecule has 4 rings (SSSR count). The van der Waals surface area contributed by atoms with Crippen molar-refractivity contribution in [2.45, 2.75) is 13.1 Å². The molecule has 0 amide bonds. The molecular formula is C26H28O4SiTi. The third kappa shape index (κ3) is 14.9. The second-order valence-corrected chi connectivity index (χ2v) is 13.1. The Kier molecular flexibility index (Phi) is 16.0. The second-order valence-electron chi connectivity index (χ2n) is 6.39. The van der Waals surface area contributed by atoms with E-state index in [1.54, 1.807) is 0 Å². The van der Waals surface area contributed by atoms with Crippen molar-refractivity contribution in [3.63, 3.8) is 0 Å². The molecule has 4 aromatic rings. The monoisotopic (exact) mass is 480 g/mol. The van der Waals surface area contributed by atoms with Gasteiger partial charge in [-0.3, -0.25) is 0 Å². The fraction of sp³-hybridized carbons (Fsp3) is 0.0769. The van der Waals surface area contributed by atoms with Crippen LogP contribution in [0.15, 0.2) is 110 Å². The van der Waals surface area contributed by atoms with Crippen molar-refractivity contribution in [3.05, 3.63) is 110 Å². The third-order valence-corrected chi connectivity index (χ3v) is 3.44. The average molecular weight is 480 g/mol. The van der Waals surface area contributed by atoms with Gasteiger partial charge in [-0.1, -0.05) is 25.3 Å². The zero-order valence-electron chi connectivity index (χ0n) is 18.4. The summed E-state index contributed by atoms with van der Waals surface area (Å²) in [6.45, 7) is 10.5. The second kappa shape index (κ2) is 17.7. The minimum atomic E-state index is -0.981. The topological polar surface area (TPSA) is 74.6 Å².